The largest absolute Gasteiger partial charge is 0.379 e. The van der Waals surface area contributed by atoms with Crippen molar-refractivity contribution in [1.29, 1.82) is 0 Å². The van der Waals surface area contributed by atoms with Crippen LogP contribution in [0.4, 0.5) is 0 Å². The minimum atomic E-state index is 0.889. The lowest BCUT2D eigenvalue weighted by Gasteiger charge is -2.10. The standard InChI is InChI=1S/C12H26.C4H9NO/c1-3-5-7-9-11-12-10-8-6-4-2;1-3-6-4-2-5-1/h3-12H2,1-2H3;5H,1-4H2. The molecule has 1 aliphatic heterocycles. The third kappa shape index (κ3) is 15.9. The summed E-state index contributed by atoms with van der Waals surface area (Å²) in [5.74, 6) is 0. The van der Waals surface area contributed by atoms with Gasteiger partial charge in [-0.05, 0) is 0 Å². The maximum atomic E-state index is 5.01. The van der Waals surface area contributed by atoms with Crippen molar-refractivity contribution in [3.05, 3.63) is 0 Å². The number of unbranched alkanes of at least 4 members (excludes halogenated alkanes) is 9. The van der Waals surface area contributed by atoms with E-state index in [0.29, 0.717) is 0 Å². The molecule has 0 unspecified atom stereocenters. The highest BCUT2D eigenvalue weighted by molar-refractivity contribution is 4.49. The van der Waals surface area contributed by atoms with Crippen LogP contribution in [0.15, 0.2) is 0 Å². The molecule has 1 fully saturated rings. The Labute approximate surface area is 115 Å². The summed E-state index contributed by atoms with van der Waals surface area (Å²) in [5.41, 5.74) is 0. The predicted molar refractivity (Wildman–Crippen MR) is 81.2 cm³/mol. The molecule has 0 atom stereocenters. The van der Waals surface area contributed by atoms with Crippen LogP contribution < -0.4 is 5.32 Å². The van der Waals surface area contributed by atoms with Gasteiger partial charge in [-0.15, -0.1) is 0 Å². The number of hydrogen-bond acceptors (Lipinski definition) is 2. The third-order valence-corrected chi connectivity index (χ3v) is 3.30. The molecule has 0 aromatic heterocycles. The van der Waals surface area contributed by atoms with Crippen LogP contribution in [0.5, 0.6) is 0 Å². The molecule has 0 aliphatic carbocycles. The predicted octanol–water partition coefficient (Wildman–Crippen LogP) is 4.53. The van der Waals surface area contributed by atoms with Gasteiger partial charge < -0.3 is 10.1 Å². The van der Waals surface area contributed by atoms with E-state index in [1.807, 2.05) is 0 Å². The quantitative estimate of drug-likeness (QED) is 0.613. The van der Waals surface area contributed by atoms with Gasteiger partial charge in [0.15, 0.2) is 0 Å². The van der Waals surface area contributed by atoms with Gasteiger partial charge in [0.05, 0.1) is 13.2 Å². The van der Waals surface area contributed by atoms with Gasteiger partial charge in [-0.3, -0.25) is 0 Å². The first kappa shape index (κ1) is 17.9. The monoisotopic (exact) mass is 257 g/mol. The van der Waals surface area contributed by atoms with Gasteiger partial charge in [-0.1, -0.05) is 78.1 Å². The van der Waals surface area contributed by atoms with Crippen LogP contribution in [0, 0.1) is 0 Å². The van der Waals surface area contributed by atoms with Crippen molar-refractivity contribution in [1.82, 2.24) is 5.32 Å². The zero-order valence-corrected chi connectivity index (χ0v) is 12.8. The molecule has 0 radical (unpaired) electrons. The zero-order valence-electron chi connectivity index (χ0n) is 12.8. The van der Waals surface area contributed by atoms with Crippen LogP contribution in [-0.2, 0) is 4.74 Å². The van der Waals surface area contributed by atoms with E-state index >= 15 is 0 Å². The average molecular weight is 257 g/mol. The third-order valence-electron chi connectivity index (χ3n) is 3.30. The Balaban J connectivity index is 0.000000397. The van der Waals surface area contributed by atoms with Gasteiger partial charge in [0.1, 0.15) is 0 Å². The molecule has 0 saturated carbocycles. The summed E-state index contributed by atoms with van der Waals surface area (Å²) in [6.07, 6.45) is 14.4. The van der Waals surface area contributed by atoms with Gasteiger partial charge in [0.25, 0.3) is 0 Å². The summed E-state index contributed by atoms with van der Waals surface area (Å²) in [7, 11) is 0. The van der Waals surface area contributed by atoms with Gasteiger partial charge >= 0.3 is 0 Å². The Bertz CT molecular complexity index is 114. The number of ether oxygens (including phenoxy) is 1. The summed E-state index contributed by atoms with van der Waals surface area (Å²) in [6, 6.07) is 0. The van der Waals surface area contributed by atoms with E-state index in [1.54, 1.807) is 0 Å². The molecule has 0 bridgehead atoms. The number of rotatable bonds is 9. The minimum absolute atomic E-state index is 0.889. The molecule has 0 aromatic rings. The molecule has 1 rings (SSSR count). The van der Waals surface area contributed by atoms with E-state index in [1.165, 1.54) is 64.2 Å². The minimum Gasteiger partial charge on any atom is -0.379 e. The van der Waals surface area contributed by atoms with Gasteiger partial charge in [-0.2, -0.15) is 0 Å². The summed E-state index contributed by atoms with van der Waals surface area (Å²) < 4.78 is 5.01. The van der Waals surface area contributed by atoms with Crippen LogP contribution in [0.3, 0.4) is 0 Å². The van der Waals surface area contributed by atoms with E-state index in [0.717, 1.165) is 26.3 Å². The van der Waals surface area contributed by atoms with Crippen LogP contribution >= 0.6 is 0 Å². The average Bonchev–Trinajstić information content (AvgIpc) is 2.44. The molecule has 0 aromatic carbocycles. The second-order valence-electron chi connectivity index (χ2n) is 5.19. The molecule has 1 saturated heterocycles. The fourth-order valence-electron chi connectivity index (χ4n) is 2.08. The van der Waals surface area contributed by atoms with Crippen molar-refractivity contribution in [2.24, 2.45) is 0 Å². The Morgan fingerprint density at radius 3 is 1.28 bits per heavy atom. The smallest absolute Gasteiger partial charge is 0.0591 e. The van der Waals surface area contributed by atoms with Crippen LogP contribution in [0.1, 0.15) is 78.1 Å². The molecule has 1 aliphatic rings. The van der Waals surface area contributed by atoms with Crippen molar-refractivity contribution in [2.75, 3.05) is 26.3 Å². The van der Waals surface area contributed by atoms with E-state index < -0.39 is 0 Å². The fourth-order valence-corrected chi connectivity index (χ4v) is 2.08. The van der Waals surface area contributed by atoms with Gasteiger partial charge in [0.2, 0.25) is 0 Å². The van der Waals surface area contributed by atoms with Crippen molar-refractivity contribution >= 4 is 0 Å². The highest BCUT2D eigenvalue weighted by atomic mass is 16.5. The number of nitrogens with one attached hydrogen (secondary N) is 1. The van der Waals surface area contributed by atoms with Crippen LogP contribution in [0.2, 0.25) is 0 Å². The lowest BCUT2D eigenvalue weighted by molar-refractivity contribution is 0.109. The molecule has 18 heavy (non-hydrogen) atoms. The van der Waals surface area contributed by atoms with E-state index in [2.05, 4.69) is 19.2 Å². The molecular weight excluding hydrogens is 222 g/mol. The topological polar surface area (TPSA) is 21.3 Å². The van der Waals surface area contributed by atoms with Crippen molar-refractivity contribution in [2.45, 2.75) is 78.1 Å². The summed E-state index contributed by atoms with van der Waals surface area (Å²) in [6.45, 7) is 8.39. The van der Waals surface area contributed by atoms with E-state index in [4.69, 9.17) is 4.74 Å². The molecule has 1 N–H and O–H groups in total. The Morgan fingerprint density at radius 2 is 1.06 bits per heavy atom. The van der Waals surface area contributed by atoms with Crippen molar-refractivity contribution < 1.29 is 4.74 Å². The molecule has 0 spiro atoms. The second kappa shape index (κ2) is 16.9. The number of morpholine rings is 1. The normalized spacial score (nSPS) is 15.0. The van der Waals surface area contributed by atoms with Gasteiger partial charge in [-0.25, -0.2) is 0 Å². The molecular formula is C16H35NO. The molecule has 0 amide bonds. The summed E-state index contributed by atoms with van der Waals surface area (Å²) >= 11 is 0. The maximum Gasteiger partial charge on any atom is 0.0591 e. The Hall–Kier alpha value is -0.0800. The highest BCUT2D eigenvalue weighted by Gasteiger charge is 1.93. The summed E-state index contributed by atoms with van der Waals surface area (Å²) in [5, 5.41) is 3.16. The first-order chi connectivity index (χ1) is 8.91. The fraction of sp³-hybridized carbons (Fsp3) is 1.00. The first-order valence-corrected chi connectivity index (χ1v) is 8.20. The Kier molecular flexibility index (Phi) is 16.8. The first-order valence-electron chi connectivity index (χ1n) is 8.20. The molecule has 110 valence electrons. The van der Waals surface area contributed by atoms with Crippen molar-refractivity contribution in [3.8, 4) is 0 Å². The summed E-state index contributed by atoms with van der Waals surface area (Å²) in [4.78, 5) is 0. The molecule has 1 heterocycles. The number of hydrogen-bond donors (Lipinski definition) is 1. The maximum absolute atomic E-state index is 5.01. The van der Waals surface area contributed by atoms with E-state index in [-0.39, 0.29) is 0 Å². The molecule has 2 nitrogen and oxygen atoms in total. The van der Waals surface area contributed by atoms with E-state index in [9.17, 15) is 0 Å². The van der Waals surface area contributed by atoms with Gasteiger partial charge in [0, 0.05) is 13.1 Å². The van der Waals surface area contributed by atoms with Crippen molar-refractivity contribution in [3.63, 3.8) is 0 Å². The lowest BCUT2D eigenvalue weighted by Crippen LogP contribution is -2.30. The molecule has 2 heteroatoms. The zero-order chi connectivity index (χ0) is 13.3. The lowest BCUT2D eigenvalue weighted by atomic mass is 10.1. The Morgan fingerprint density at radius 1 is 0.667 bits per heavy atom. The highest BCUT2D eigenvalue weighted by Crippen LogP contribution is 2.09. The van der Waals surface area contributed by atoms with Crippen LogP contribution in [-0.4, -0.2) is 26.3 Å². The second-order valence-corrected chi connectivity index (χ2v) is 5.19. The van der Waals surface area contributed by atoms with Crippen LogP contribution in [0.25, 0.3) is 0 Å². The SMILES string of the molecule is C1COCCN1.CCCCCCCCCCCC.